The number of urea groups is 1. The number of thiophene rings is 1. The molecule has 0 radical (unpaired) electrons. The monoisotopic (exact) mass is 296 g/mol. The van der Waals surface area contributed by atoms with Gasteiger partial charge >= 0.3 is 12.0 Å². The predicted octanol–water partition coefficient (Wildman–Crippen LogP) is 3.54. The molecule has 2 rings (SSSR count). The normalized spacial score (nSPS) is 21.2. The summed E-state index contributed by atoms with van der Waals surface area (Å²) in [5.74, 6) is -1.03. The number of rotatable bonds is 3. The van der Waals surface area contributed by atoms with E-state index in [4.69, 9.17) is 5.11 Å². The van der Waals surface area contributed by atoms with Crippen molar-refractivity contribution in [2.24, 2.45) is 5.41 Å². The third-order valence-electron chi connectivity index (χ3n) is 3.66. The van der Waals surface area contributed by atoms with Gasteiger partial charge in [-0.3, -0.25) is 5.32 Å². The van der Waals surface area contributed by atoms with Gasteiger partial charge in [0.05, 0.1) is 5.56 Å². The SMILES string of the molecule is CC1(C)CCCC(NC(=O)Nc2sccc2C(=O)O)C1. The maximum atomic E-state index is 12.0. The zero-order valence-electron chi connectivity index (χ0n) is 11.7. The Balaban J connectivity index is 1.92. The average molecular weight is 296 g/mol. The summed E-state index contributed by atoms with van der Waals surface area (Å²) >= 11 is 1.22. The lowest BCUT2D eigenvalue weighted by molar-refractivity contribution is 0.0698. The van der Waals surface area contributed by atoms with Crippen molar-refractivity contribution in [3.05, 3.63) is 17.0 Å². The second kappa shape index (κ2) is 5.83. The molecule has 0 aliphatic heterocycles. The van der Waals surface area contributed by atoms with Crippen molar-refractivity contribution in [2.75, 3.05) is 5.32 Å². The molecular weight excluding hydrogens is 276 g/mol. The van der Waals surface area contributed by atoms with E-state index in [0.29, 0.717) is 5.00 Å². The van der Waals surface area contributed by atoms with Crippen LogP contribution in [-0.4, -0.2) is 23.1 Å². The standard InChI is InChI=1S/C14H20N2O3S/c1-14(2)6-3-4-9(8-14)15-13(19)16-11-10(12(17)18)5-7-20-11/h5,7,9H,3-4,6,8H2,1-2H3,(H,17,18)(H2,15,16,19). The quantitative estimate of drug-likeness (QED) is 0.798. The Labute approximate surface area is 122 Å². The van der Waals surface area contributed by atoms with E-state index in [1.54, 1.807) is 5.38 Å². The van der Waals surface area contributed by atoms with Crippen LogP contribution in [0.3, 0.4) is 0 Å². The van der Waals surface area contributed by atoms with Crippen molar-refractivity contribution in [3.8, 4) is 0 Å². The Bertz CT molecular complexity index is 510. The van der Waals surface area contributed by atoms with Crippen LogP contribution < -0.4 is 10.6 Å². The number of amides is 2. The van der Waals surface area contributed by atoms with Gasteiger partial charge < -0.3 is 10.4 Å². The van der Waals surface area contributed by atoms with Gasteiger partial charge in [0.25, 0.3) is 0 Å². The first-order chi connectivity index (χ1) is 9.37. The van der Waals surface area contributed by atoms with Gasteiger partial charge in [0.15, 0.2) is 0 Å². The van der Waals surface area contributed by atoms with Crippen molar-refractivity contribution in [2.45, 2.75) is 45.6 Å². The van der Waals surface area contributed by atoms with Crippen LogP contribution in [0.1, 0.15) is 49.9 Å². The Morgan fingerprint density at radius 3 is 2.85 bits per heavy atom. The van der Waals surface area contributed by atoms with E-state index in [2.05, 4.69) is 24.5 Å². The van der Waals surface area contributed by atoms with Crippen LogP contribution in [0.25, 0.3) is 0 Å². The van der Waals surface area contributed by atoms with E-state index in [-0.39, 0.29) is 23.1 Å². The molecule has 1 unspecified atom stereocenters. The van der Waals surface area contributed by atoms with E-state index in [1.165, 1.54) is 23.8 Å². The van der Waals surface area contributed by atoms with Gasteiger partial charge in [0.2, 0.25) is 0 Å². The minimum absolute atomic E-state index is 0.133. The maximum Gasteiger partial charge on any atom is 0.338 e. The minimum Gasteiger partial charge on any atom is -0.478 e. The van der Waals surface area contributed by atoms with Gasteiger partial charge in [0, 0.05) is 6.04 Å². The Hall–Kier alpha value is -1.56. The molecular formula is C14H20N2O3S. The minimum atomic E-state index is -1.03. The first-order valence-corrected chi connectivity index (χ1v) is 7.64. The van der Waals surface area contributed by atoms with Crippen LogP contribution in [0.4, 0.5) is 9.80 Å². The highest BCUT2D eigenvalue weighted by molar-refractivity contribution is 7.14. The van der Waals surface area contributed by atoms with Crippen LogP contribution in [0.5, 0.6) is 0 Å². The van der Waals surface area contributed by atoms with Gasteiger partial charge in [-0.1, -0.05) is 20.3 Å². The van der Waals surface area contributed by atoms with E-state index in [1.807, 2.05) is 0 Å². The molecule has 0 bridgehead atoms. The second-order valence-electron chi connectivity index (χ2n) is 6.02. The molecule has 1 aromatic heterocycles. The lowest BCUT2D eigenvalue weighted by Crippen LogP contribution is -2.42. The van der Waals surface area contributed by atoms with E-state index >= 15 is 0 Å². The summed E-state index contributed by atoms with van der Waals surface area (Å²) in [7, 11) is 0. The zero-order chi connectivity index (χ0) is 14.8. The number of carbonyl (C=O) groups is 2. The molecule has 1 atom stereocenters. The molecule has 6 heteroatoms. The van der Waals surface area contributed by atoms with Crippen molar-refractivity contribution in [1.29, 1.82) is 0 Å². The van der Waals surface area contributed by atoms with Crippen molar-refractivity contribution in [1.82, 2.24) is 5.32 Å². The Morgan fingerprint density at radius 2 is 2.20 bits per heavy atom. The fourth-order valence-electron chi connectivity index (χ4n) is 2.72. The summed E-state index contributed by atoms with van der Waals surface area (Å²) in [4.78, 5) is 22.9. The number of anilines is 1. The summed E-state index contributed by atoms with van der Waals surface area (Å²) in [6, 6.07) is 1.33. The van der Waals surface area contributed by atoms with Crippen LogP contribution in [-0.2, 0) is 0 Å². The molecule has 1 aliphatic carbocycles. The van der Waals surface area contributed by atoms with Crippen molar-refractivity contribution >= 4 is 28.3 Å². The molecule has 0 saturated heterocycles. The molecule has 1 heterocycles. The zero-order valence-corrected chi connectivity index (χ0v) is 12.5. The Morgan fingerprint density at radius 1 is 1.45 bits per heavy atom. The lowest BCUT2D eigenvalue weighted by Gasteiger charge is -2.35. The number of hydrogen-bond acceptors (Lipinski definition) is 3. The van der Waals surface area contributed by atoms with Crippen molar-refractivity contribution in [3.63, 3.8) is 0 Å². The average Bonchev–Trinajstić information content (AvgIpc) is 2.75. The summed E-state index contributed by atoms with van der Waals surface area (Å²) in [5.41, 5.74) is 0.389. The molecule has 110 valence electrons. The van der Waals surface area contributed by atoms with E-state index in [9.17, 15) is 9.59 Å². The molecule has 0 spiro atoms. The maximum absolute atomic E-state index is 12.0. The van der Waals surface area contributed by atoms with E-state index in [0.717, 1.165) is 19.3 Å². The smallest absolute Gasteiger partial charge is 0.338 e. The fourth-order valence-corrected chi connectivity index (χ4v) is 3.49. The Kier molecular flexibility index (Phi) is 4.32. The van der Waals surface area contributed by atoms with Gasteiger partial charge in [-0.05, 0) is 36.1 Å². The third kappa shape index (κ3) is 3.72. The summed E-state index contributed by atoms with van der Waals surface area (Å²) in [6.07, 6.45) is 4.22. The molecule has 1 aromatic rings. The van der Waals surface area contributed by atoms with Crippen LogP contribution in [0.15, 0.2) is 11.4 Å². The predicted molar refractivity (Wildman–Crippen MR) is 79.5 cm³/mol. The van der Waals surface area contributed by atoms with Crippen LogP contribution >= 0.6 is 11.3 Å². The molecule has 1 fully saturated rings. The number of aromatic carboxylic acids is 1. The first-order valence-electron chi connectivity index (χ1n) is 6.76. The second-order valence-corrected chi connectivity index (χ2v) is 6.94. The molecule has 3 N–H and O–H groups in total. The van der Waals surface area contributed by atoms with Gasteiger partial charge in [-0.2, -0.15) is 0 Å². The fraction of sp³-hybridized carbons (Fsp3) is 0.571. The number of nitrogens with one attached hydrogen (secondary N) is 2. The molecule has 1 saturated carbocycles. The summed E-state index contributed by atoms with van der Waals surface area (Å²) in [5, 5.41) is 16.6. The van der Waals surface area contributed by atoms with Crippen LogP contribution in [0, 0.1) is 5.41 Å². The number of carboxylic acids is 1. The molecule has 0 aromatic carbocycles. The summed E-state index contributed by atoms with van der Waals surface area (Å²) in [6.45, 7) is 4.42. The molecule has 5 nitrogen and oxygen atoms in total. The number of hydrogen-bond donors (Lipinski definition) is 3. The van der Waals surface area contributed by atoms with Gasteiger partial charge in [-0.25, -0.2) is 9.59 Å². The summed E-state index contributed by atoms with van der Waals surface area (Å²) < 4.78 is 0. The van der Waals surface area contributed by atoms with Crippen LogP contribution in [0.2, 0.25) is 0 Å². The highest BCUT2D eigenvalue weighted by atomic mass is 32.1. The highest BCUT2D eigenvalue weighted by Gasteiger charge is 2.29. The topological polar surface area (TPSA) is 78.4 Å². The van der Waals surface area contributed by atoms with Gasteiger partial charge in [-0.15, -0.1) is 11.3 Å². The van der Waals surface area contributed by atoms with Gasteiger partial charge in [0.1, 0.15) is 5.00 Å². The molecule has 20 heavy (non-hydrogen) atoms. The lowest BCUT2D eigenvalue weighted by atomic mass is 9.75. The first kappa shape index (κ1) is 14.8. The van der Waals surface area contributed by atoms with Crippen molar-refractivity contribution < 1.29 is 14.7 Å². The van der Waals surface area contributed by atoms with E-state index < -0.39 is 5.97 Å². The molecule has 1 aliphatic rings. The highest BCUT2D eigenvalue weighted by Crippen LogP contribution is 2.35. The largest absolute Gasteiger partial charge is 0.478 e. The third-order valence-corrected chi connectivity index (χ3v) is 4.49. The number of carboxylic acid groups (broad SMARTS) is 1. The molecule has 2 amide bonds. The number of carbonyl (C=O) groups excluding carboxylic acids is 1.